The van der Waals surface area contributed by atoms with Crippen LogP contribution in [0.5, 0.6) is 11.5 Å². The van der Waals surface area contributed by atoms with Crippen LogP contribution < -0.4 is 14.8 Å². The minimum absolute atomic E-state index is 0.0508. The second kappa shape index (κ2) is 7.65. The van der Waals surface area contributed by atoms with Gasteiger partial charge in [0.15, 0.2) is 16.6 Å². The summed E-state index contributed by atoms with van der Waals surface area (Å²) in [7, 11) is 1.31. The monoisotopic (exact) mass is 378 g/mol. The first-order valence-electron chi connectivity index (χ1n) is 7.83. The molecule has 0 spiro atoms. The van der Waals surface area contributed by atoms with Gasteiger partial charge in [0.2, 0.25) is 0 Å². The van der Waals surface area contributed by atoms with Gasteiger partial charge in [0.05, 0.1) is 17.3 Å². The lowest BCUT2D eigenvalue weighted by Gasteiger charge is -2.11. The minimum atomic E-state index is -2.97. The molecule has 3 aromatic rings. The summed E-state index contributed by atoms with van der Waals surface area (Å²) in [5.74, 6) is -0.498. The number of carbonyl (C=O) groups is 1. The van der Waals surface area contributed by atoms with Crippen molar-refractivity contribution in [3.63, 3.8) is 0 Å². The van der Waals surface area contributed by atoms with Crippen LogP contribution in [0.2, 0.25) is 0 Å². The van der Waals surface area contributed by atoms with E-state index < -0.39 is 12.5 Å². The van der Waals surface area contributed by atoms with E-state index in [9.17, 15) is 13.6 Å². The van der Waals surface area contributed by atoms with Crippen molar-refractivity contribution in [3.05, 3.63) is 47.5 Å². The Morgan fingerprint density at radius 1 is 1.23 bits per heavy atom. The minimum Gasteiger partial charge on any atom is -0.493 e. The fourth-order valence-corrected chi connectivity index (χ4v) is 3.34. The maximum Gasteiger partial charge on any atom is 0.387 e. The summed E-state index contributed by atoms with van der Waals surface area (Å²) in [6, 6.07) is 9.96. The van der Waals surface area contributed by atoms with Gasteiger partial charge in [0.25, 0.3) is 5.91 Å². The molecular formula is C18H16F2N2O3S. The predicted molar refractivity (Wildman–Crippen MR) is 96.6 cm³/mol. The molecule has 1 aromatic heterocycles. The molecule has 0 aliphatic heterocycles. The number of hydrogen-bond acceptors (Lipinski definition) is 5. The SMILES string of the molecule is CCc1ccc2nc(NC(=O)c3ccc(OC(F)F)c(OC)c3)sc2c1. The molecule has 0 bridgehead atoms. The number of amides is 1. The average Bonchev–Trinajstić information content (AvgIpc) is 3.02. The number of ether oxygens (including phenoxy) is 2. The largest absolute Gasteiger partial charge is 0.493 e. The number of methoxy groups -OCH3 is 1. The van der Waals surface area contributed by atoms with Crippen molar-refractivity contribution in [2.45, 2.75) is 20.0 Å². The molecule has 26 heavy (non-hydrogen) atoms. The summed E-state index contributed by atoms with van der Waals surface area (Å²) < 4.78 is 35.1. The summed E-state index contributed by atoms with van der Waals surface area (Å²) in [5.41, 5.74) is 2.25. The Morgan fingerprint density at radius 2 is 2.04 bits per heavy atom. The number of alkyl halides is 2. The fraction of sp³-hybridized carbons (Fsp3) is 0.222. The van der Waals surface area contributed by atoms with Gasteiger partial charge in [0.1, 0.15) is 0 Å². The zero-order valence-electron chi connectivity index (χ0n) is 14.1. The molecule has 0 fully saturated rings. The topological polar surface area (TPSA) is 60.5 Å². The van der Waals surface area contributed by atoms with Gasteiger partial charge in [0, 0.05) is 5.56 Å². The van der Waals surface area contributed by atoms with Gasteiger partial charge in [-0.2, -0.15) is 8.78 Å². The maximum absolute atomic E-state index is 12.4. The molecule has 0 saturated heterocycles. The van der Waals surface area contributed by atoms with Crippen LogP contribution in [0.3, 0.4) is 0 Å². The Balaban J connectivity index is 1.81. The number of nitrogens with one attached hydrogen (secondary N) is 1. The van der Waals surface area contributed by atoms with Gasteiger partial charge in [-0.1, -0.05) is 24.3 Å². The third kappa shape index (κ3) is 3.91. The lowest BCUT2D eigenvalue weighted by molar-refractivity contribution is -0.0512. The highest BCUT2D eigenvalue weighted by Gasteiger charge is 2.15. The molecule has 0 aliphatic rings. The lowest BCUT2D eigenvalue weighted by atomic mass is 10.2. The first kappa shape index (κ1) is 18.1. The zero-order chi connectivity index (χ0) is 18.7. The van der Waals surface area contributed by atoms with E-state index in [4.69, 9.17) is 4.74 Å². The molecule has 1 heterocycles. The molecule has 1 N–H and O–H groups in total. The Morgan fingerprint density at radius 3 is 2.73 bits per heavy atom. The Labute approximate surface area is 152 Å². The molecule has 2 aromatic carbocycles. The van der Waals surface area contributed by atoms with Crippen molar-refractivity contribution < 1.29 is 23.0 Å². The number of nitrogens with zero attached hydrogens (tertiary/aromatic N) is 1. The zero-order valence-corrected chi connectivity index (χ0v) is 14.9. The van der Waals surface area contributed by atoms with Crippen molar-refractivity contribution >= 4 is 32.6 Å². The quantitative estimate of drug-likeness (QED) is 0.674. The molecule has 8 heteroatoms. The first-order valence-corrected chi connectivity index (χ1v) is 8.65. The molecule has 3 rings (SSSR count). The number of carbonyl (C=O) groups excluding carboxylic acids is 1. The maximum atomic E-state index is 12.4. The molecule has 1 amide bonds. The number of benzene rings is 2. The van der Waals surface area contributed by atoms with Gasteiger partial charge >= 0.3 is 6.61 Å². The molecule has 0 aliphatic carbocycles. The molecule has 0 radical (unpaired) electrons. The highest BCUT2D eigenvalue weighted by Crippen LogP contribution is 2.31. The van der Waals surface area contributed by atoms with Crippen LogP contribution in [0.15, 0.2) is 36.4 Å². The summed E-state index contributed by atoms with van der Waals surface area (Å²) >= 11 is 1.37. The van der Waals surface area contributed by atoms with Crippen LogP contribution >= 0.6 is 11.3 Å². The smallest absolute Gasteiger partial charge is 0.387 e. The summed E-state index contributed by atoms with van der Waals surface area (Å²) in [6.45, 7) is -0.904. The summed E-state index contributed by atoms with van der Waals surface area (Å²) in [5, 5.41) is 3.18. The van der Waals surface area contributed by atoms with E-state index in [-0.39, 0.29) is 17.1 Å². The molecular weight excluding hydrogens is 362 g/mol. The molecule has 0 atom stereocenters. The molecule has 5 nitrogen and oxygen atoms in total. The van der Waals surface area contributed by atoms with Crippen molar-refractivity contribution in [1.82, 2.24) is 4.98 Å². The van der Waals surface area contributed by atoms with Gasteiger partial charge < -0.3 is 9.47 Å². The third-order valence-electron chi connectivity index (χ3n) is 3.72. The highest BCUT2D eigenvalue weighted by molar-refractivity contribution is 7.22. The second-order valence-electron chi connectivity index (χ2n) is 5.37. The van der Waals surface area contributed by atoms with E-state index in [2.05, 4.69) is 22.0 Å². The fourth-order valence-electron chi connectivity index (χ4n) is 2.41. The van der Waals surface area contributed by atoms with E-state index in [1.807, 2.05) is 18.2 Å². The predicted octanol–water partition coefficient (Wildman–Crippen LogP) is 4.72. The number of halogens is 2. The third-order valence-corrected chi connectivity index (χ3v) is 4.66. The van der Waals surface area contributed by atoms with Gasteiger partial charge in [-0.3, -0.25) is 10.1 Å². The van der Waals surface area contributed by atoms with Crippen LogP contribution in [0, 0.1) is 0 Å². The van der Waals surface area contributed by atoms with Crippen LogP contribution in [0.1, 0.15) is 22.8 Å². The van der Waals surface area contributed by atoms with E-state index >= 15 is 0 Å². The van der Waals surface area contributed by atoms with Crippen LogP contribution in [0.4, 0.5) is 13.9 Å². The number of thiazole rings is 1. The number of hydrogen-bond donors (Lipinski definition) is 1. The summed E-state index contributed by atoms with van der Waals surface area (Å²) in [4.78, 5) is 16.8. The Kier molecular flexibility index (Phi) is 5.32. The standard InChI is InChI=1S/C18H16F2N2O3S/c1-3-10-4-6-12-15(8-10)26-18(21-12)22-16(23)11-5-7-13(25-17(19)20)14(9-11)24-2/h4-9,17H,3H2,1-2H3,(H,21,22,23). The first-order chi connectivity index (χ1) is 12.5. The Hall–Kier alpha value is -2.74. The van der Waals surface area contributed by atoms with E-state index in [0.717, 1.165) is 16.6 Å². The molecule has 0 unspecified atom stereocenters. The van der Waals surface area contributed by atoms with Gasteiger partial charge in [-0.25, -0.2) is 4.98 Å². The Bertz CT molecular complexity index is 943. The number of fused-ring (bicyclic) bond motifs is 1. The van der Waals surface area contributed by atoms with Crippen molar-refractivity contribution in [2.24, 2.45) is 0 Å². The van der Waals surface area contributed by atoms with Gasteiger partial charge in [-0.15, -0.1) is 0 Å². The number of rotatable bonds is 6. The van der Waals surface area contributed by atoms with E-state index in [1.54, 1.807) is 0 Å². The molecule has 0 saturated carbocycles. The van der Waals surface area contributed by atoms with E-state index in [1.165, 1.54) is 42.2 Å². The highest BCUT2D eigenvalue weighted by atomic mass is 32.1. The lowest BCUT2D eigenvalue weighted by Crippen LogP contribution is -2.12. The van der Waals surface area contributed by atoms with Crippen LogP contribution in [-0.2, 0) is 6.42 Å². The van der Waals surface area contributed by atoms with E-state index in [0.29, 0.717) is 5.13 Å². The normalized spacial score (nSPS) is 11.0. The number of aromatic nitrogens is 1. The number of anilines is 1. The van der Waals surface area contributed by atoms with Crippen molar-refractivity contribution in [3.8, 4) is 11.5 Å². The second-order valence-corrected chi connectivity index (χ2v) is 6.40. The van der Waals surface area contributed by atoms with Gasteiger partial charge in [-0.05, 0) is 42.3 Å². The summed E-state index contributed by atoms with van der Waals surface area (Å²) in [6.07, 6.45) is 0.919. The average molecular weight is 378 g/mol. The van der Waals surface area contributed by atoms with Crippen LogP contribution in [0.25, 0.3) is 10.2 Å². The van der Waals surface area contributed by atoms with Crippen molar-refractivity contribution in [1.29, 1.82) is 0 Å². The molecule has 136 valence electrons. The number of aryl methyl sites for hydroxylation is 1. The van der Waals surface area contributed by atoms with Crippen molar-refractivity contribution in [2.75, 3.05) is 12.4 Å². The van der Waals surface area contributed by atoms with Crippen LogP contribution in [-0.4, -0.2) is 24.6 Å².